The molecule has 0 spiro atoms. The summed E-state index contributed by atoms with van der Waals surface area (Å²) in [6, 6.07) is 83.6. The van der Waals surface area contributed by atoms with Crippen molar-refractivity contribution in [3.05, 3.63) is 283 Å². The van der Waals surface area contributed by atoms with Gasteiger partial charge in [0.2, 0.25) is 0 Å². The zero-order chi connectivity index (χ0) is 99.4. The molecule has 4 saturated heterocycles. The minimum absolute atomic E-state index is 0.381. The fourth-order valence-electron chi connectivity index (χ4n) is 45.5. The summed E-state index contributed by atoms with van der Waals surface area (Å²) in [5.41, 5.74) is 28.2. The van der Waals surface area contributed by atoms with Gasteiger partial charge in [-0.3, -0.25) is 0 Å². The first-order valence-corrected chi connectivity index (χ1v) is 65.3. The van der Waals surface area contributed by atoms with Crippen LogP contribution in [0.15, 0.2) is 194 Å². The van der Waals surface area contributed by atoms with Crippen LogP contribution < -0.4 is 21.3 Å². The summed E-state index contributed by atoms with van der Waals surface area (Å²) in [5, 5.41) is 15.8. The molecule has 4 heterocycles. The molecule has 30 fully saturated rings. The molecular formula is C146H192N4. The highest BCUT2D eigenvalue weighted by Crippen LogP contribution is 2.68. The maximum Gasteiger partial charge on any atom is 0.0243 e. The first-order chi connectivity index (χ1) is 73.6. The number of hydrogen-bond acceptors (Lipinski definition) is 4. The smallest absolute Gasteiger partial charge is 0.0243 e. The van der Waals surface area contributed by atoms with Gasteiger partial charge in [0, 0.05) is 47.8 Å². The van der Waals surface area contributed by atoms with Crippen molar-refractivity contribution in [2.75, 3.05) is 26.2 Å². The van der Waals surface area contributed by atoms with Crippen molar-refractivity contribution in [1.82, 2.24) is 21.3 Å². The second-order valence-corrected chi connectivity index (χ2v) is 60.1. The zero-order valence-corrected chi connectivity index (χ0v) is 93.2. The summed E-state index contributed by atoms with van der Waals surface area (Å²) in [7, 11) is 0. The average molecular weight is 2000 g/mol. The van der Waals surface area contributed by atoms with Gasteiger partial charge in [0.05, 0.1) is 0 Å². The van der Waals surface area contributed by atoms with Crippen LogP contribution in [0.25, 0.3) is 0 Å². The third-order valence-electron chi connectivity index (χ3n) is 50.3. The molecule has 0 aromatic heterocycles. The second kappa shape index (κ2) is 41.1. The quantitative estimate of drug-likeness (QED) is 0.0614. The molecule has 4 heteroatoms. The van der Waals surface area contributed by atoms with Crippen molar-refractivity contribution < 1.29 is 0 Å². The number of hydrogen-bond donors (Lipinski definition) is 4. The Morgan fingerprint density at radius 1 is 0.180 bits per heavy atom. The van der Waals surface area contributed by atoms with E-state index in [-0.39, 0.29) is 0 Å². The topological polar surface area (TPSA) is 48.1 Å². The molecule has 0 amide bonds. The normalized spacial score (nSPS) is 40.3. The van der Waals surface area contributed by atoms with Gasteiger partial charge in [0.25, 0.3) is 0 Å². The highest BCUT2D eigenvalue weighted by atomic mass is 14.9. The first kappa shape index (κ1) is 99.2. The van der Waals surface area contributed by atoms with Gasteiger partial charge < -0.3 is 21.3 Å². The third-order valence-corrected chi connectivity index (χ3v) is 50.3. The molecule has 0 radical (unpaired) electrons. The Morgan fingerprint density at radius 2 is 0.353 bits per heavy atom. The summed E-state index contributed by atoms with van der Waals surface area (Å²) in [4.78, 5) is 0. The van der Waals surface area contributed by atoms with Crippen LogP contribution in [0, 0.1) is 118 Å². The zero-order valence-electron chi connectivity index (χ0n) is 93.2. The molecule has 4 N–H and O–H groups in total. The summed E-state index contributed by atoms with van der Waals surface area (Å²) in [6.07, 6.45) is 81.0. The van der Waals surface area contributed by atoms with Crippen molar-refractivity contribution in [3.8, 4) is 0 Å². The van der Waals surface area contributed by atoms with Gasteiger partial charge >= 0.3 is 0 Å². The van der Waals surface area contributed by atoms with Crippen LogP contribution >= 0.6 is 0 Å². The summed E-state index contributed by atoms with van der Waals surface area (Å²) in [6.45, 7) is 9.68. The number of nitrogens with one attached hydrogen (secondary N) is 4. The Bertz CT molecular complexity index is 5180. The lowest BCUT2D eigenvalue weighted by Gasteiger charge is -2.57. The van der Waals surface area contributed by atoms with Crippen molar-refractivity contribution in [2.45, 2.75) is 466 Å². The van der Waals surface area contributed by atoms with E-state index in [4.69, 9.17) is 0 Å². The van der Waals surface area contributed by atoms with E-state index in [1.807, 2.05) is 0 Å². The van der Waals surface area contributed by atoms with E-state index in [0.29, 0.717) is 80.3 Å². The SMILES string of the molecule is CC1(c2ccc(C(c3ccc(C4(C)CCCCC4)cc3)[C@@H]3CCCCN3)cc2)CCCCC1.c1cc(C(c2ccc(C3C4CC5CC(C4)CC3C5)cc2)[C@H]2CCCCN2)ccc1C1C2CC3CC(C2)CC1C3.c1cc(C23CC4CC(CC(C4)C2)C3)ccc1C(c1ccc(C23CC4CC(CC(C4)C2)C3)cc1)[C@@H]1CCCCN1.c1cc(C23CC4CC(CC(C4)C2)C3)ccc1C(c1ccc(C23CC4CC(CC(C4)C2)C3)cc1)[C@H]1CCCCN1. The van der Waals surface area contributed by atoms with Crippen molar-refractivity contribution >= 4 is 0 Å². The van der Waals surface area contributed by atoms with Crippen LogP contribution in [0.4, 0.5) is 0 Å². The van der Waals surface area contributed by atoms with E-state index < -0.39 is 0 Å². The molecule has 4 nitrogen and oxygen atoms in total. The maximum absolute atomic E-state index is 3.96. The van der Waals surface area contributed by atoms with E-state index in [1.54, 1.807) is 90.7 Å². The molecule has 4 aliphatic heterocycles. The molecule has 26 aliphatic carbocycles. The van der Waals surface area contributed by atoms with Gasteiger partial charge in [-0.25, -0.2) is 0 Å². The molecule has 24 bridgehead atoms. The van der Waals surface area contributed by atoms with E-state index in [0.717, 1.165) is 137 Å². The van der Waals surface area contributed by atoms with E-state index in [9.17, 15) is 0 Å². The molecular weight excluding hydrogens is 1810 g/mol. The van der Waals surface area contributed by atoms with Gasteiger partial charge in [-0.1, -0.05) is 272 Å². The van der Waals surface area contributed by atoms with Crippen LogP contribution in [0.5, 0.6) is 0 Å². The molecule has 8 aromatic carbocycles. The fraction of sp³-hybridized carbons (Fsp3) is 0.671. The average Bonchev–Trinajstić information content (AvgIpc) is 0.745. The van der Waals surface area contributed by atoms with Crippen LogP contribution in [0.1, 0.15) is 498 Å². The monoisotopic (exact) mass is 2000 g/mol. The summed E-state index contributed by atoms with van der Waals surface area (Å²) >= 11 is 0. The summed E-state index contributed by atoms with van der Waals surface area (Å²) < 4.78 is 0. The third kappa shape index (κ3) is 19.2. The highest BCUT2D eigenvalue weighted by molar-refractivity contribution is 5.48. The van der Waals surface area contributed by atoms with Gasteiger partial charge in [-0.15, -0.1) is 0 Å². The van der Waals surface area contributed by atoms with Crippen molar-refractivity contribution in [3.63, 3.8) is 0 Å². The van der Waals surface area contributed by atoms with Crippen LogP contribution in [-0.4, -0.2) is 50.3 Å². The lowest BCUT2D eigenvalue weighted by atomic mass is 9.48. The molecule has 4 atom stereocenters. The van der Waals surface area contributed by atoms with Crippen molar-refractivity contribution in [1.29, 1.82) is 0 Å². The van der Waals surface area contributed by atoms with E-state index in [1.165, 1.54) is 377 Å². The predicted molar refractivity (Wildman–Crippen MR) is 621 cm³/mol. The lowest BCUT2D eigenvalue weighted by molar-refractivity contribution is -0.00533. The predicted octanol–water partition coefficient (Wildman–Crippen LogP) is 35.2. The molecule has 26 saturated carbocycles. The van der Waals surface area contributed by atoms with Gasteiger partial charge in [0.15, 0.2) is 0 Å². The summed E-state index contributed by atoms with van der Waals surface area (Å²) in [5.74, 6) is 23.9. The van der Waals surface area contributed by atoms with Crippen molar-refractivity contribution in [2.24, 2.45) is 118 Å². The minimum atomic E-state index is 0.381. The van der Waals surface area contributed by atoms with E-state index in [2.05, 4.69) is 229 Å². The molecule has 38 rings (SSSR count). The van der Waals surface area contributed by atoms with Crippen LogP contribution in [0.2, 0.25) is 0 Å². The number of piperidine rings is 4. The van der Waals surface area contributed by atoms with Gasteiger partial charge in [-0.05, 0) is 573 Å². The Morgan fingerprint density at radius 3 is 0.533 bits per heavy atom. The van der Waals surface area contributed by atoms with Gasteiger partial charge in [0.1, 0.15) is 0 Å². The molecule has 796 valence electrons. The largest absolute Gasteiger partial charge is 0.313 e. The standard InChI is InChI=1S/3C38H49N.C32H45N/c2*1-2-12-39-35(3-1)36(31-4-8-33(9-5-31)37-19-25-13-26(20-37)15-27(14-25)21-37)32-6-10-34(11-7-32)38-22-28-16-29(23-38)18-30(17-28)24-38;1-2-12-39-35(3-1)38(29-8-4-27(5-9-29)36-31-15-23-13-24(17-31)18-32(36)16-23)30-10-6-28(7-11-30)37-33-19-25-14-26(21-33)22-34(37)20-25;1-31(20-6-3-7-21-31)27-16-12-25(13-17-27)30(29-11-5-10-24-33-29)26-14-18-28(19-15-26)32(2)22-8-4-9-23-32/h2*4-11,25-30,35-36,39H,1-3,12-24H2;4-11,23-26,31-39H,1-3,12-22H2;12-19,29-30,33H,3-11,20-24H2,1-2H3/t2*25?,26?,27?,28?,29?,30?,35-,36?,37?,38?;23?,24?,25?,26?,31?,32?,33?,34?,35-,36?,37?,38?;29-/m1010/s1. The van der Waals surface area contributed by atoms with Gasteiger partial charge in [-0.2, -0.15) is 0 Å². The molecule has 150 heavy (non-hydrogen) atoms. The van der Waals surface area contributed by atoms with Crippen LogP contribution in [-0.2, 0) is 32.5 Å². The lowest BCUT2D eigenvalue weighted by Crippen LogP contribution is -2.48. The maximum atomic E-state index is 3.96. The van der Waals surface area contributed by atoms with E-state index >= 15 is 0 Å². The Kier molecular flexibility index (Phi) is 27.2. The number of benzene rings is 8. The highest BCUT2D eigenvalue weighted by Gasteiger charge is 2.58. The molecule has 30 aliphatic rings. The fourth-order valence-corrected chi connectivity index (χ4v) is 45.5. The number of rotatable bonds is 20. The minimum Gasteiger partial charge on any atom is -0.313 e. The Hall–Kier alpha value is -6.40. The van der Waals surface area contributed by atoms with Crippen LogP contribution in [0.3, 0.4) is 0 Å². The Balaban J connectivity index is 0.0000000941. The molecule has 8 aromatic rings. The molecule has 0 unspecified atom stereocenters. The Labute approximate surface area is 908 Å². The first-order valence-electron chi connectivity index (χ1n) is 65.3. The second-order valence-electron chi connectivity index (χ2n) is 60.1.